The van der Waals surface area contributed by atoms with Gasteiger partial charge in [0.05, 0.1) is 26.1 Å². The van der Waals surface area contributed by atoms with Gasteiger partial charge in [0.2, 0.25) is 0 Å². The van der Waals surface area contributed by atoms with Gasteiger partial charge >= 0.3 is 6.09 Å². The summed E-state index contributed by atoms with van der Waals surface area (Å²) in [6.45, 7) is 3.68. The number of alkyl carbamates (subject to hydrolysis) is 1. The van der Waals surface area contributed by atoms with Crippen molar-refractivity contribution in [1.82, 2.24) is 20.5 Å². The van der Waals surface area contributed by atoms with Crippen LogP contribution in [-0.4, -0.2) is 47.1 Å². The molecule has 39 heavy (non-hydrogen) atoms. The first-order valence-corrected chi connectivity index (χ1v) is 16.3. The van der Waals surface area contributed by atoms with E-state index in [-0.39, 0.29) is 23.5 Å². The van der Waals surface area contributed by atoms with E-state index >= 15 is 0 Å². The highest BCUT2D eigenvalue weighted by molar-refractivity contribution is 7.92. The minimum Gasteiger partial charge on any atom is -0.447 e. The van der Waals surface area contributed by atoms with Crippen LogP contribution in [0, 0.1) is 0 Å². The molecule has 1 amide bonds. The average Bonchev–Trinajstić information content (AvgIpc) is 3.84. The molecule has 6 rings (SSSR count). The second-order valence-electron chi connectivity index (χ2n) is 11.3. The summed E-state index contributed by atoms with van der Waals surface area (Å²) >= 11 is 1.58. The molecule has 0 spiro atoms. The highest BCUT2D eigenvalue weighted by Crippen LogP contribution is 2.43. The van der Waals surface area contributed by atoms with Crippen molar-refractivity contribution in [2.24, 2.45) is 0 Å². The topological polar surface area (TPSA) is 126 Å². The van der Waals surface area contributed by atoms with Crippen LogP contribution in [0.3, 0.4) is 0 Å². The third-order valence-corrected chi connectivity index (χ3v) is 11.2. The molecule has 11 heteroatoms. The lowest BCUT2D eigenvalue weighted by Gasteiger charge is -2.28. The van der Waals surface area contributed by atoms with Gasteiger partial charge < -0.3 is 15.4 Å². The van der Waals surface area contributed by atoms with Crippen LogP contribution in [0.5, 0.6) is 0 Å². The summed E-state index contributed by atoms with van der Waals surface area (Å²) in [7, 11) is -3.44. The molecule has 2 aromatic heterocycles. The van der Waals surface area contributed by atoms with Crippen LogP contribution in [0.15, 0.2) is 35.4 Å². The zero-order chi connectivity index (χ0) is 27.1. The van der Waals surface area contributed by atoms with E-state index in [2.05, 4.69) is 20.8 Å². The van der Waals surface area contributed by atoms with Gasteiger partial charge in [-0.05, 0) is 77.3 Å². The summed E-state index contributed by atoms with van der Waals surface area (Å²) in [6, 6.07) is 7.68. The number of rotatable bonds is 9. The van der Waals surface area contributed by atoms with Crippen molar-refractivity contribution in [1.29, 1.82) is 0 Å². The Morgan fingerprint density at radius 2 is 1.79 bits per heavy atom. The first-order valence-electron chi connectivity index (χ1n) is 13.9. The van der Waals surface area contributed by atoms with Crippen LogP contribution in [0.1, 0.15) is 87.8 Å². The van der Waals surface area contributed by atoms with E-state index in [1.54, 1.807) is 17.4 Å². The van der Waals surface area contributed by atoms with E-state index in [1.165, 1.54) is 12.8 Å². The van der Waals surface area contributed by atoms with Crippen molar-refractivity contribution >= 4 is 38.8 Å². The standard InChI is InChI=1S/C28H35N5O4S2/c1-16(2)37-28(34)31-19-7-5-18(6-8-19)27-29-15-24(38-27)22-12-9-20(13-25(22)39(35,36)21-10-11-21)30-26-14-23(32-33-26)17-3-4-17/h9,12-19,21H,3-8,10-11H2,1-2H3,(H,31,34)(H2,30,32,33). The van der Waals surface area contributed by atoms with Crippen LogP contribution in [0.25, 0.3) is 10.4 Å². The molecule has 2 heterocycles. The second-order valence-corrected chi connectivity index (χ2v) is 14.5. The monoisotopic (exact) mass is 569 g/mol. The molecular weight excluding hydrogens is 534 g/mol. The molecular formula is C28H35N5O4S2. The van der Waals surface area contributed by atoms with E-state index in [9.17, 15) is 13.2 Å². The number of carbonyl (C=O) groups is 1. The number of ether oxygens (including phenoxy) is 1. The number of anilines is 2. The van der Waals surface area contributed by atoms with Crippen molar-refractivity contribution < 1.29 is 17.9 Å². The number of thiazole rings is 1. The maximum atomic E-state index is 13.5. The highest BCUT2D eigenvalue weighted by Gasteiger charge is 2.39. The van der Waals surface area contributed by atoms with Crippen LogP contribution in [-0.2, 0) is 14.6 Å². The van der Waals surface area contributed by atoms with Crippen molar-refractivity contribution in [3.63, 3.8) is 0 Å². The summed E-state index contributed by atoms with van der Waals surface area (Å²) < 4.78 is 32.2. The van der Waals surface area contributed by atoms with Gasteiger partial charge in [0.1, 0.15) is 0 Å². The fourth-order valence-corrected chi connectivity index (χ4v) is 8.33. The Hall–Kier alpha value is -2.92. The number of H-pyrrole nitrogens is 1. The maximum absolute atomic E-state index is 13.5. The summed E-state index contributed by atoms with van der Waals surface area (Å²) in [5.74, 6) is 1.56. The Balaban J connectivity index is 1.18. The molecule has 0 aliphatic heterocycles. The highest BCUT2D eigenvalue weighted by atomic mass is 32.2. The van der Waals surface area contributed by atoms with Crippen molar-refractivity contribution in [3.8, 4) is 10.4 Å². The van der Waals surface area contributed by atoms with Crippen LogP contribution in [0.4, 0.5) is 16.3 Å². The Morgan fingerprint density at radius 1 is 1.05 bits per heavy atom. The third-order valence-electron chi connectivity index (χ3n) is 7.67. The molecule has 0 atom stereocenters. The first kappa shape index (κ1) is 26.3. The van der Waals surface area contributed by atoms with Gasteiger partial charge in [0, 0.05) is 47.1 Å². The molecule has 3 saturated carbocycles. The predicted octanol–water partition coefficient (Wildman–Crippen LogP) is 6.25. The van der Waals surface area contributed by atoms with Gasteiger partial charge in [-0.3, -0.25) is 5.10 Å². The molecule has 3 aromatic rings. The van der Waals surface area contributed by atoms with Crippen LogP contribution < -0.4 is 10.6 Å². The molecule has 0 saturated heterocycles. The molecule has 0 unspecified atom stereocenters. The average molecular weight is 570 g/mol. The molecule has 3 fully saturated rings. The van der Waals surface area contributed by atoms with E-state index in [0.717, 1.165) is 41.3 Å². The molecule has 0 radical (unpaired) electrons. The molecule has 3 aliphatic rings. The number of aromatic nitrogens is 3. The number of carbonyl (C=O) groups excluding carboxylic acids is 1. The van der Waals surface area contributed by atoms with Crippen molar-refractivity contribution in [2.45, 2.75) is 99.3 Å². The second kappa shape index (κ2) is 10.6. The maximum Gasteiger partial charge on any atom is 0.407 e. The van der Waals surface area contributed by atoms with Gasteiger partial charge in [-0.15, -0.1) is 11.3 Å². The molecule has 0 bridgehead atoms. The summed E-state index contributed by atoms with van der Waals surface area (Å²) in [5.41, 5.74) is 2.54. The molecule has 9 nitrogen and oxygen atoms in total. The predicted molar refractivity (Wildman–Crippen MR) is 151 cm³/mol. The number of aromatic amines is 1. The number of nitrogens with zero attached hydrogens (tertiary/aromatic N) is 2. The van der Waals surface area contributed by atoms with Gasteiger partial charge in [-0.2, -0.15) is 5.10 Å². The number of hydrogen-bond acceptors (Lipinski definition) is 8. The molecule has 3 aliphatic carbocycles. The quantitative estimate of drug-likeness (QED) is 0.278. The SMILES string of the molecule is CC(C)OC(=O)NC1CCC(c2ncc(-c3ccc(Nc4cc(C5CC5)[nH]n4)cc3S(=O)(=O)C3CC3)s2)CC1. The lowest BCUT2D eigenvalue weighted by Crippen LogP contribution is -2.38. The molecule has 208 valence electrons. The van der Waals surface area contributed by atoms with Crippen LogP contribution >= 0.6 is 11.3 Å². The number of hydrogen-bond donors (Lipinski definition) is 3. The Bertz CT molecular complexity index is 1450. The molecule has 1 aromatic carbocycles. The lowest BCUT2D eigenvalue weighted by atomic mass is 9.86. The van der Waals surface area contributed by atoms with Gasteiger partial charge in [-0.1, -0.05) is 6.07 Å². The van der Waals surface area contributed by atoms with Gasteiger partial charge in [0.25, 0.3) is 0 Å². The third kappa shape index (κ3) is 5.99. The fraction of sp³-hybridized carbons (Fsp3) is 0.536. The minimum absolute atomic E-state index is 0.108. The Kier molecular flexibility index (Phi) is 7.13. The smallest absolute Gasteiger partial charge is 0.407 e. The van der Waals surface area contributed by atoms with E-state index in [4.69, 9.17) is 9.72 Å². The first-order chi connectivity index (χ1) is 18.8. The number of benzene rings is 1. The summed E-state index contributed by atoms with van der Waals surface area (Å²) in [6.07, 6.45) is 8.66. The largest absolute Gasteiger partial charge is 0.447 e. The van der Waals surface area contributed by atoms with E-state index < -0.39 is 9.84 Å². The fourth-order valence-electron chi connectivity index (χ4n) is 5.25. The van der Waals surface area contributed by atoms with Crippen LogP contribution in [0.2, 0.25) is 0 Å². The summed E-state index contributed by atoms with van der Waals surface area (Å²) in [5, 5.41) is 14.4. The number of amides is 1. The Morgan fingerprint density at radius 3 is 2.49 bits per heavy atom. The van der Waals surface area contributed by atoms with E-state index in [0.29, 0.717) is 46.6 Å². The molecule has 3 N–H and O–H groups in total. The number of nitrogens with one attached hydrogen (secondary N) is 3. The van der Waals surface area contributed by atoms with Gasteiger partial charge in [0.15, 0.2) is 15.7 Å². The minimum atomic E-state index is -3.44. The summed E-state index contributed by atoms with van der Waals surface area (Å²) in [4.78, 5) is 17.9. The van der Waals surface area contributed by atoms with Gasteiger partial charge in [-0.25, -0.2) is 18.2 Å². The zero-order valence-corrected chi connectivity index (χ0v) is 23.9. The normalized spacial score (nSPS) is 21.6. The van der Waals surface area contributed by atoms with Crippen molar-refractivity contribution in [3.05, 3.63) is 41.2 Å². The van der Waals surface area contributed by atoms with Crippen molar-refractivity contribution in [2.75, 3.05) is 5.32 Å². The lowest BCUT2D eigenvalue weighted by molar-refractivity contribution is 0.109. The Labute approximate surface area is 233 Å². The van der Waals surface area contributed by atoms with E-state index in [1.807, 2.05) is 38.2 Å². The number of sulfone groups is 1. The zero-order valence-electron chi connectivity index (χ0n) is 22.3.